The number of rotatable bonds is 2. The molecule has 7 heteroatoms. The number of H-pyrrole nitrogens is 1. The number of nitrogens with one attached hydrogen (secondary N) is 1. The summed E-state index contributed by atoms with van der Waals surface area (Å²) in [5.41, 5.74) is 11.7. The zero-order valence-corrected chi connectivity index (χ0v) is 17.1. The maximum Gasteiger partial charge on any atom is 0.226 e. The Balaban J connectivity index is 1.80. The van der Waals surface area contributed by atoms with E-state index in [4.69, 9.17) is 15.6 Å². The molecule has 6 nitrogen and oxygen atoms in total. The third-order valence-corrected chi connectivity index (χ3v) is 5.64. The van der Waals surface area contributed by atoms with Crippen LogP contribution in [0.5, 0.6) is 5.88 Å². The molecule has 1 atom stereocenters. The first-order chi connectivity index (χ1) is 14.1. The van der Waals surface area contributed by atoms with Crippen LogP contribution in [0.2, 0.25) is 0 Å². The van der Waals surface area contributed by atoms with Crippen molar-refractivity contribution in [1.82, 2.24) is 14.8 Å². The van der Waals surface area contributed by atoms with Gasteiger partial charge in [0, 0.05) is 32.7 Å². The van der Waals surface area contributed by atoms with Gasteiger partial charge in [0.1, 0.15) is 6.07 Å². The third-order valence-electron chi connectivity index (χ3n) is 5.11. The molecular formula is C22H16BrN5O. The topological polar surface area (TPSA) is 92.7 Å². The van der Waals surface area contributed by atoms with Crippen molar-refractivity contribution in [3.63, 3.8) is 0 Å². The van der Waals surface area contributed by atoms with Crippen molar-refractivity contribution in [2.45, 2.75) is 13.2 Å². The van der Waals surface area contributed by atoms with Crippen molar-refractivity contribution in [1.29, 1.82) is 5.26 Å². The van der Waals surface area contributed by atoms with Gasteiger partial charge in [0.25, 0.3) is 0 Å². The van der Waals surface area contributed by atoms with Crippen LogP contribution < -0.4 is 10.5 Å². The number of ether oxygens (including phenoxy) is 1. The molecule has 0 amide bonds. The average Bonchev–Trinajstić information content (AvgIpc) is 3.29. The van der Waals surface area contributed by atoms with Crippen molar-refractivity contribution in [3.05, 3.63) is 81.6 Å². The highest BCUT2D eigenvalue weighted by molar-refractivity contribution is 9.10. The van der Waals surface area contributed by atoms with E-state index in [1.807, 2.05) is 61.7 Å². The second kappa shape index (κ2) is 6.62. The van der Waals surface area contributed by atoms with Crippen LogP contribution in [0.3, 0.4) is 0 Å². The van der Waals surface area contributed by atoms with Crippen molar-refractivity contribution in [2.75, 3.05) is 0 Å². The minimum Gasteiger partial charge on any atom is -0.453 e. The van der Waals surface area contributed by atoms with Crippen LogP contribution in [0.15, 0.2) is 64.8 Å². The van der Waals surface area contributed by atoms with Crippen LogP contribution >= 0.6 is 15.9 Å². The number of aromatic nitrogens is 3. The number of aryl methyl sites for hydroxylation is 1. The second-order valence-corrected chi connectivity index (χ2v) is 7.76. The van der Waals surface area contributed by atoms with E-state index in [9.17, 15) is 5.26 Å². The van der Waals surface area contributed by atoms with E-state index >= 15 is 0 Å². The van der Waals surface area contributed by atoms with Gasteiger partial charge in [-0.3, -0.25) is 5.73 Å². The molecule has 1 aliphatic heterocycles. The Morgan fingerprint density at radius 2 is 1.97 bits per heavy atom. The molecule has 0 aliphatic carbocycles. The first-order valence-corrected chi connectivity index (χ1v) is 9.86. The van der Waals surface area contributed by atoms with Crippen LogP contribution in [0, 0.1) is 18.3 Å². The van der Waals surface area contributed by atoms with E-state index in [0.717, 1.165) is 43.5 Å². The molecule has 0 fully saturated rings. The predicted octanol–water partition coefficient (Wildman–Crippen LogP) is 4.43. The molecule has 5 rings (SSSR count). The molecule has 0 saturated heterocycles. The molecule has 29 heavy (non-hydrogen) atoms. The molecule has 1 aliphatic rings. The second-order valence-electron chi connectivity index (χ2n) is 6.84. The van der Waals surface area contributed by atoms with E-state index in [1.54, 1.807) is 4.68 Å². The van der Waals surface area contributed by atoms with Crippen LogP contribution in [0.1, 0.15) is 16.8 Å². The first kappa shape index (κ1) is 17.7. The quantitative estimate of drug-likeness (QED) is 0.477. The summed E-state index contributed by atoms with van der Waals surface area (Å²) in [4.78, 5) is 3.28. The molecule has 0 bridgehead atoms. The SMILES string of the molecule is Cc1nn(-c2ccc(Br)cc2)c2c1C(c1c[nH]c3ccccc13)=C(C#N)C(N)O2. The van der Waals surface area contributed by atoms with Crippen LogP contribution in [0.25, 0.3) is 22.2 Å². The number of nitrogens with zero attached hydrogens (tertiary/aromatic N) is 3. The number of hydrogen-bond acceptors (Lipinski definition) is 4. The Hall–Kier alpha value is -3.34. The highest BCUT2D eigenvalue weighted by Crippen LogP contribution is 2.43. The van der Waals surface area contributed by atoms with E-state index in [2.05, 4.69) is 27.0 Å². The Kier molecular flexibility index (Phi) is 4.05. The van der Waals surface area contributed by atoms with Gasteiger partial charge in [0.15, 0.2) is 6.23 Å². The summed E-state index contributed by atoms with van der Waals surface area (Å²) in [5.74, 6) is 0.539. The number of aromatic amines is 1. The molecule has 4 aromatic rings. The number of benzene rings is 2. The van der Waals surface area contributed by atoms with Crippen LogP contribution in [-0.4, -0.2) is 21.0 Å². The molecule has 0 radical (unpaired) electrons. The molecule has 0 saturated carbocycles. The number of fused-ring (bicyclic) bond motifs is 2. The highest BCUT2D eigenvalue weighted by atomic mass is 79.9. The predicted molar refractivity (Wildman–Crippen MR) is 115 cm³/mol. The lowest BCUT2D eigenvalue weighted by Crippen LogP contribution is -2.33. The number of halogens is 1. The van der Waals surface area contributed by atoms with Gasteiger partial charge in [-0.05, 0) is 37.3 Å². The molecule has 3 N–H and O–H groups in total. The Labute approximate surface area is 175 Å². The van der Waals surface area contributed by atoms with E-state index < -0.39 is 6.23 Å². The maximum absolute atomic E-state index is 9.86. The van der Waals surface area contributed by atoms with Crippen molar-refractivity contribution in [3.8, 4) is 17.6 Å². The smallest absolute Gasteiger partial charge is 0.226 e. The van der Waals surface area contributed by atoms with Gasteiger partial charge in [0.05, 0.1) is 22.5 Å². The molecule has 142 valence electrons. The fourth-order valence-electron chi connectivity index (χ4n) is 3.79. The minimum atomic E-state index is -0.874. The third kappa shape index (κ3) is 2.69. The number of para-hydroxylation sites is 1. The summed E-state index contributed by atoms with van der Waals surface area (Å²) >= 11 is 3.46. The number of nitrogens with two attached hydrogens (primary N) is 1. The molecular weight excluding hydrogens is 430 g/mol. The molecule has 2 aromatic heterocycles. The van der Waals surface area contributed by atoms with Gasteiger partial charge in [-0.2, -0.15) is 10.4 Å². The summed E-state index contributed by atoms with van der Waals surface area (Å²) in [5, 5.41) is 15.6. The fourth-order valence-corrected chi connectivity index (χ4v) is 4.06. The Morgan fingerprint density at radius 3 is 2.72 bits per heavy atom. The lowest BCUT2D eigenvalue weighted by Gasteiger charge is -2.24. The van der Waals surface area contributed by atoms with E-state index in [0.29, 0.717) is 11.5 Å². The molecule has 1 unspecified atom stereocenters. The van der Waals surface area contributed by atoms with Crippen molar-refractivity contribution < 1.29 is 4.74 Å². The van der Waals surface area contributed by atoms with Gasteiger partial charge in [-0.15, -0.1) is 0 Å². The summed E-state index contributed by atoms with van der Waals surface area (Å²) in [7, 11) is 0. The summed E-state index contributed by atoms with van der Waals surface area (Å²) in [6, 6.07) is 18.0. The van der Waals surface area contributed by atoms with E-state index in [-0.39, 0.29) is 0 Å². The van der Waals surface area contributed by atoms with Gasteiger partial charge in [-0.25, -0.2) is 4.68 Å². The zero-order chi connectivity index (χ0) is 20.1. The zero-order valence-electron chi connectivity index (χ0n) is 15.5. The highest BCUT2D eigenvalue weighted by Gasteiger charge is 2.34. The summed E-state index contributed by atoms with van der Waals surface area (Å²) in [6.07, 6.45) is 1.04. The monoisotopic (exact) mass is 445 g/mol. The minimum absolute atomic E-state index is 0.390. The Morgan fingerprint density at radius 1 is 1.21 bits per heavy atom. The lowest BCUT2D eigenvalue weighted by atomic mass is 9.91. The van der Waals surface area contributed by atoms with Crippen LogP contribution in [-0.2, 0) is 0 Å². The van der Waals surface area contributed by atoms with Gasteiger partial charge >= 0.3 is 0 Å². The molecule has 0 spiro atoms. The van der Waals surface area contributed by atoms with Crippen LogP contribution in [0.4, 0.5) is 0 Å². The van der Waals surface area contributed by atoms with Crippen molar-refractivity contribution in [2.24, 2.45) is 5.73 Å². The summed E-state index contributed by atoms with van der Waals surface area (Å²) < 4.78 is 8.70. The largest absolute Gasteiger partial charge is 0.453 e. The van der Waals surface area contributed by atoms with Gasteiger partial charge in [0.2, 0.25) is 5.88 Å². The average molecular weight is 446 g/mol. The lowest BCUT2D eigenvalue weighted by molar-refractivity contribution is 0.228. The maximum atomic E-state index is 9.86. The van der Waals surface area contributed by atoms with Gasteiger partial charge in [-0.1, -0.05) is 34.1 Å². The summed E-state index contributed by atoms with van der Waals surface area (Å²) in [6.45, 7) is 1.91. The first-order valence-electron chi connectivity index (χ1n) is 9.07. The molecule has 2 aromatic carbocycles. The Bertz CT molecular complexity index is 1320. The number of nitriles is 1. The van der Waals surface area contributed by atoms with E-state index in [1.165, 1.54) is 0 Å². The molecule has 3 heterocycles. The standard InChI is InChI=1S/C22H16BrN5O/c1-12-19-20(17-11-26-18-5-3-2-4-15(17)18)16(10-24)21(25)29-22(19)28(27-12)14-8-6-13(23)7-9-14/h2-9,11,21,26H,25H2,1H3. The normalized spacial score (nSPS) is 15.9. The van der Waals surface area contributed by atoms with Crippen molar-refractivity contribution >= 4 is 32.4 Å². The van der Waals surface area contributed by atoms with Gasteiger partial charge < -0.3 is 9.72 Å². The number of hydrogen-bond donors (Lipinski definition) is 2. The fraction of sp³-hybridized carbons (Fsp3) is 0.0909.